The Labute approximate surface area is 186 Å². The molecule has 0 bridgehead atoms. The number of aryl methyl sites for hydroxylation is 3. The number of anilines is 1. The van der Waals surface area contributed by atoms with Crippen LogP contribution in [0.2, 0.25) is 0 Å². The fourth-order valence-electron chi connectivity index (χ4n) is 4.11. The molecule has 1 aliphatic heterocycles. The van der Waals surface area contributed by atoms with E-state index in [1.165, 1.54) is 17.2 Å². The van der Waals surface area contributed by atoms with Gasteiger partial charge in [0.25, 0.3) is 5.91 Å². The molecular weight excluding hydrogens is 433 g/mol. The van der Waals surface area contributed by atoms with Crippen molar-refractivity contribution >= 4 is 11.6 Å². The van der Waals surface area contributed by atoms with Crippen LogP contribution in [0.3, 0.4) is 0 Å². The highest BCUT2D eigenvalue weighted by Gasteiger charge is 2.40. The van der Waals surface area contributed by atoms with Crippen molar-refractivity contribution in [1.29, 1.82) is 0 Å². The Morgan fingerprint density at radius 2 is 1.97 bits per heavy atom. The quantitative estimate of drug-likeness (QED) is 0.493. The first-order valence-electron chi connectivity index (χ1n) is 10.3. The fraction of sp³-hybridized carbons (Fsp3) is 0.217. The molecule has 1 aliphatic rings. The molecule has 7 nitrogen and oxygen atoms in total. The number of nitrogens with zero attached hydrogens (tertiary/aromatic N) is 5. The maximum Gasteiger partial charge on any atom is 0.416 e. The highest BCUT2D eigenvalue weighted by atomic mass is 19.4. The number of aromatic amines is 1. The molecule has 5 rings (SSSR count). The zero-order valence-corrected chi connectivity index (χ0v) is 17.6. The van der Waals surface area contributed by atoms with E-state index in [1.807, 2.05) is 23.7 Å². The third-order valence-corrected chi connectivity index (χ3v) is 5.82. The van der Waals surface area contributed by atoms with Crippen molar-refractivity contribution in [1.82, 2.24) is 25.0 Å². The Balaban J connectivity index is 1.47. The van der Waals surface area contributed by atoms with Gasteiger partial charge in [0, 0.05) is 36.5 Å². The molecule has 0 aliphatic carbocycles. The standard InChI is InChI=1S/C23H19F3N6O/c1-31-13-28-30-21(31)6-5-14-3-2-4-16(9-14)32-12-18-17(22(32)33)10-15(20-7-8-27-29-20)11-19(18)23(24,25)26/h2-4,7-11,13H,5-6,12H2,1H3,(H,27,29). The van der Waals surface area contributed by atoms with E-state index in [-0.39, 0.29) is 23.2 Å². The Morgan fingerprint density at radius 3 is 2.67 bits per heavy atom. The molecular formula is C23H19F3N6O. The summed E-state index contributed by atoms with van der Waals surface area (Å²) in [5.41, 5.74) is 1.43. The summed E-state index contributed by atoms with van der Waals surface area (Å²) in [5, 5.41) is 14.4. The number of benzene rings is 2. The van der Waals surface area contributed by atoms with Crippen LogP contribution in [0.5, 0.6) is 0 Å². The van der Waals surface area contributed by atoms with Gasteiger partial charge in [0.15, 0.2) is 0 Å². The maximum atomic E-state index is 13.9. The number of H-pyrrole nitrogens is 1. The summed E-state index contributed by atoms with van der Waals surface area (Å²) in [4.78, 5) is 14.6. The third-order valence-electron chi connectivity index (χ3n) is 5.82. The van der Waals surface area contributed by atoms with Crippen LogP contribution in [0.25, 0.3) is 11.3 Å². The normalized spacial score (nSPS) is 13.6. The molecule has 1 amide bonds. The number of alkyl halides is 3. The molecule has 168 valence electrons. The van der Waals surface area contributed by atoms with E-state index in [9.17, 15) is 18.0 Å². The van der Waals surface area contributed by atoms with Crippen LogP contribution in [0.15, 0.2) is 55.0 Å². The van der Waals surface area contributed by atoms with Crippen molar-refractivity contribution in [2.45, 2.75) is 25.6 Å². The molecule has 4 aromatic rings. The Bertz CT molecular complexity index is 1330. The van der Waals surface area contributed by atoms with Crippen LogP contribution in [0, 0.1) is 0 Å². The molecule has 2 aromatic heterocycles. The molecule has 0 fully saturated rings. The van der Waals surface area contributed by atoms with Crippen molar-refractivity contribution in [2.24, 2.45) is 7.05 Å². The first-order valence-corrected chi connectivity index (χ1v) is 10.3. The second kappa shape index (κ2) is 7.88. The fourth-order valence-corrected chi connectivity index (χ4v) is 4.11. The van der Waals surface area contributed by atoms with E-state index in [0.717, 1.165) is 17.5 Å². The van der Waals surface area contributed by atoms with Crippen LogP contribution in [0.4, 0.5) is 18.9 Å². The first-order chi connectivity index (χ1) is 15.8. The van der Waals surface area contributed by atoms with Crippen LogP contribution in [-0.2, 0) is 32.6 Å². The predicted octanol–water partition coefficient (Wildman–Crippen LogP) is 4.17. The highest BCUT2D eigenvalue weighted by Crippen LogP contribution is 2.41. The van der Waals surface area contributed by atoms with Crippen molar-refractivity contribution in [3.8, 4) is 11.3 Å². The van der Waals surface area contributed by atoms with E-state index in [4.69, 9.17) is 0 Å². The average molecular weight is 452 g/mol. The first kappa shape index (κ1) is 20.9. The van der Waals surface area contributed by atoms with Crippen molar-refractivity contribution < 1.29 is 18.0 Å². The van der Waals surface area contributed by atoms with Crippen molar-refractivity contribution in [3.05, 3.63) is 83.1 Å². The van der Waals surface area contributed by atoms with Crippen LogP contribution in [-0.4, -0.2) is 30.9 Å². The number of amides is 1. The van der Waals surface area contributed by atoms with Gasteiger partial charge in [0.1, 0.15) is 12.2 Å². The van der Waals surface area contributed by atoms with Gasteiger partial charge >= 0.3 is 6.18 Å². The monoisotopic (exact) mass is 452 g/mol. The third kappa shape index (κ3) is 3.88. The number of nitrogens with one attached hydrogen (secondary N) is 1. The molecule has 0 unspecified atom stereocenters. The van der Waals surface area contributed by atoms with Gasteiger partial charge in [0.2, 0.25) is 0 Å². The van der Waals surface area contributed by atoms with E-state index in [1.54, 1.807) is 24.5 Å². The number of hydrogen-bond donors (Lipinski definition) is 1. The minimum atomic E-state index is -4.59. The number of carbonyl (C=O) groups excluding carboxylic acids is 1. The molecule has 0 saturated heterocycles. The molecule has 10 heteroatoms. The van der Waals surface area contributed by atoms with Gasteiger partial charge in [-0.2, -0.15) is 18.3 Å². The largest absolute Gasteiger partial charge is 0.416 e. The second-order valence-electron chi connectivity index (χ2n) is 7.94. The Morgan fingerprint density at radius 1 is 1.12 bits per heavy atom. The summed E-state index contributed by atoms with van der Waals surface area (Å²) in [6.45, 7) is -0.140. The molecule has 3 heterocycles. The number of hydrogen-bond acceptors (Lipinski definition) is 4. The summed E-state index contributed by atoms with van der Waals surface area (Å²) < 4.78 is 43.5. The average Bonchev–Trinajstić information content (AvgIpc) is 3.52. The van der Waals surface area contributed by atoms with Gasteiger partial charge in [-0.1, -0.05) is 12.1 Å². The van der Waals surface area contributed by atoms with Crippen LogP contribution >= 0.6 is 0 Å². The Hall–Kier alpha value is -3.95. The zero-order chi connectivity index (χ0) is 23.2. The predicted molar refractivity (Wildman–Crippen MR) is 114 cm³/mol. The number of carbonyl (C=O) groups is 1. The summed E-state index contributed by atoms with van der Waals surface area (Å²) in [5.74, 6) is 0.369. The smallest absolute Gasteiger partial charge is 0.321 e. The van der Waals surface area contributed by atoms with E-state index in [2.05, 4.69) is 20.4 Å². The van der Waals surface area contributed by atoms with Gasteiger partial charge in [-0.15, -0.1) is 10.2 Å². The van der Waals surface area contributed by atoms with Crippen LogP contribution in [0.1, 0.15) is 32.9 Å². The van der Waals surface area contributed by atoms with Crippen LogP contribution < -0.4 is 4.90 Å². The van der Waals surface area contributed by atoms with E-state index < -0.39 is 17.6 Å². The number of rotatable bonds is 5. The minimum absolute atomic E-state index is 0.0137. The molecule has 0 spiro atoms. The van der Waals surface area contributed by atoms with Crippen molar-refractivity contribution in [2.75, 3.05) is 4.90 Å². The maximum absolute atomic E-state index is 13.9. The number of aromatic nitrogens is 5. The number of halogens is 3. The van der Waals surface area contributed by atoms with Gasteiger partial charge in [-0.05, 0) is 47.9 Å². The second-order valence-corrected chi connectivity index (χ2v) is 7.94. The highest BCUT2D eigenvalue weighted by molar-refractivity contribution is 6.11. The van der Waals surface area contributed by atoms with Crippen molar-refractivity contribution in [3.63, 3.8) is 0 Å². The van der Waals surface area contributed by atoms with E-state index >= 15 is 0 Å². The lowest BCUT2D eigenvalue weighted by molar-refractivity contribution is -0.138. The molecule has 0 atom stereocenters. The van der Waals surface area contributed by atoms with Gasteiger partial charge in [-0.25, -0.2) is 0 Å². The SMILES string of the molecule is Cn1cnnc1CCc1cccc(N2Cc3c(cc(-c4ccn[nH]4)cc3C(F)(F)F)C2=O)c1. The molecule has 0 radical (unpaired) electrons. The lowest BCUT2D eigenvalue weighted by Crippen LogP contribution is -2.23. The molecule has 33 heavy (non-hydrogen) atoms. The minimum Gasteiger partial charge on any atom is -0.321 e. The lowest BCUT2D eigenvalue weighted by Gasteiger charge is -2.17. The molecule has 0 saturated carbocycles. The van der Waals surface area contributed by atoms with Gasteiger partial charge in [0.05, 0.1) is 17.8 Å². The Kier molecular flexibility index (Phi) is 4.99. The topological polar surface area (TPSA) is 79.7 Å². The van der Waals surface area contributed by atoms with E-state index in [0.29, 0.717) is 24.2 Å². The molecule has 1 N–H and O–H groups in total. The van der Waals surface area contributed by atoms with Gasteiger partial charge < -0.3 is 9.47 Å². The summed E-state index contributed by atoms with van der Waals surface area (Å²) in [6, 6.07) is 11.4. The molecule has 2 aromatic carbocycles. The summed E-state index contributed by atoms with van der Waals surface area (Å²) >= 11 is 0. The summed E-state index contributed by atoms with van der Waals surface area (Å²) in [6.07, 6.45) is -0.195. The number of fused-ring (bicyclic) bond motifs is 1. The zero-order valence-electron chi connectivity index (χ0n) is 17.6. The van der Waals surface area contributed by atoms with Gasteiger partial charge in [-0.3, -0.25) is 9.89 Å². The lowest BCUT2D eigenvalue weighted by atomic mass is 9.97. The summed E-state index contributed by atoms with van der Waals surface area (Å²) in [7, 11) is 1.86.